The second kappa shape index (κ2) is 16.7. The molecule has 0 atom stereocenters. The van der Waals surface area contributed by atoms with Crippen LogP contribution in [0.15, 0.2) is 48.9 Å². The Hall–Kier alpha value is -1.70. The Morgan fingerprint density at radius 1 is 0.870 bits per heavy atom. The minimum absolute atomic E-state index is 0.452. The highest BCUT2D eigenvalue weighted by Crippen LogP contribution is 2.18. The molecule has 1 rings (SSSR count). The zero-order chi connectivity index (χ0) is 17.2. The van der Waals surface area contributed by atoms with Gasteiger partial charge in [-0.15, -0.1) is 0 Å². The van der Waals surface area contributed by atoms with Gasteiger partial charge in [0.15, 0.2) is 0 Å². The van der Waals surface area contributed by atoms with Crippen molar-refractivity contribution in [2.24, 2.45) is 0 Å². The Morgan fingerprint density at radius 2 is 1.43 bits per heavy atom. The summed E-state index contributed by atoms with van der Waals surface area (Å²) in [6.45, 7) is 6.06. The first kappa shape index (κ1) is 21.3. The number of unbranched alkanes of at least 4 members (excludes halogenated alkanes) is 6. The van der Waals surface area contributed by atoms with Crippen molar-refractivity contribution >= 4 is 0 Å². The highest BCUT2D eigenvalue weighted by molar-refractivity contribution is 5.31. The highest BCUT2D eigenvalue weighted by atomic mass is 16.5. The number of ether oxygens (including phenoxy) is 1. The van der Waals surface area contributed by atoms with E-state index in [0.29, 0.717) is 5.75 Å². The Kier molecular flexibility index (Phi) is 15.4. The van der Waals surface area contributed by atoms with E-state index in [0.717, 1.165) is 12.0 Å². The molecule has 0 saturated heterocycles. The largest absolute Gasteiger partial charge is 0.508 e. The first-order valence-corrected chi connectivity index (χ1v) is 8.90. The maximum absolute atomic E-state index is 9.58. The van der Waals surface area contributed by atoms with E-state index in [1.165, 1.54) is 44.9 Å². The quantitative estimate of drug-likeness (QED) is 0.381. The average molecular weight is 319 g/mol. The van der Waals surface area contributed by atoms with E-state index < -0.39 is 0 Å². The number of phenolic OH excluding ortho intramolecular Hbond substituents is 1. The van der Waals surface area contributed by atoms with Crippen molar-refractivity contribution in [1.29, 1.82) is 0 Å². The summed E-state index contributed by atoms with van der Waals surface area (Å²) in [6, 6.07) is 7.67. The Morgan fingerprint density at radius 3 is 2.00 bits per heavy atom. The summed E-state index contributed by atoms with van der Waals surface area (Å²) in [5, 5.41) is 9.58. The van der Waals surface area contributed by atoms with Crippen molar-refractivity contribution in [3.63, 3.8) is 0 Å². The van der Waals surface area contributed by atoms with E-state index in [2.05, 4.69) is 6.92 Å². The molecule has 0 fully saturated rings. The normalized spacial score (nSPS) is 10.7. The monoisotopic (exact) mass is 318 g/mol. The van der Waals surface area contributed by atoms with Gasteiger partial charge in [-0.05, 0) is 38.3 Å². The van der Waals surface area contributed by atoms with E-state index in [4.69, 9.17) is 4.74 Å². The molecule has 0 radical (unpaired) electrons. The van der Waals surface area contributed by atoms with E-state index >= 15 is 0 Å². The molecule has 0 aliphatic carbocycles. The third kappa shape index (κ3) is 13.7. The first-order valence-electron chi connectivity index (χ1n) is 8.90. The van der Waals surface area contributed by atoms with Crippen LogP contribution in [0.4, 0.5) is 0 Å². The zero-order valence-electron chi connectivity index (χ0n) is 15.1. The molecule has 0 saturated carbocycles. The van der Waals surface area contributed by atoms with E-state index in [9.17, 15) is 5.11 Å². The summed E-state index contributed by atoms with van der Waals surface area (Å²) < 4.78 is 4.77. The van der Waals surface area contributed by atoms with Crippen LogP contribution in [0, 0.1) is 0 Å². The van der Waals surface area contributed by atoms with Gasteiger partial charge in [0.05, 0.1) is 12.5 Å². The number of hydrogen-bond donors (Lipinski definition) is 1. The number of phenols is 1. The fourth-order valence-corrected chi connectivity index (χ4v) is 2.20. The molecular formula is C21H34O2. The molecule has 1 aromatic carbocycles. The molecule has 0 aliphatic heterocycles. The van der Waals surface area contributed by atoms with Crippen LogP contribution in [0.25, 0.3) is 0 Å². The second-order valence-electron chi connectivity index (χ2n) is 5.57. The van der Waals surface area contributed by atoms with Crippen LogP contribution in [0.5, 0.6) is 5.75 Å². The van der Waals surface area contributed by atoms with Gasteiger partial charge in [0.2, 0.25) is 0 Å². The minimum atomic E-state index is 0.452. The number of rotatable bonds is 10. The SMILES string of the molecule is CC=COC=CC.CCCCCCCCCc1ccccc1O. The van der Waals surface area contributed by atoms with Crippen molar-refractivity contribution in [2.45, 2.75) is 72.1 Å². The molecule has 1 N–H and O–H groups in total. The summed E-state index contributed by atoms with van der Waals surface area (Å²) in [4.78, 5) is 0. The van der Waals surface area contributed by atoms with Crippen LogP contribution >= 0.6 is 0 Å². The number of benzene rings is 1. The topological polar surface area (TPSA) is 29.5 Å². The van der Waals surface area contributed by atoms with Gasteiger partial charge in [-0.2, -0.15) is 0 Å². The molecule has 0 bridgehead atoms. The molecule has 2 heteroatoms. The molecule has 0 amide bonds. The standard InChI is InChI=1S/C15H24O.C6H10O/c1-2-3-4-5-6-7-8-11-14-12-9-10-13-15(14)16;1-3-5-7-6-4-2/h9-10,12-13,16H,2-8,11H2,1H3;3-6H,1-2H3. The van der Waals surface area contributed by atoms with Crippen LogP contribution in [-0.4, -0.2) is 5.11 Å². The maximum atomic E-state index is 9.58. The summed E-state index contributed by atoms with van der Waals surface area (Å²) in [6.07, 6.45) is 17.2. The smallest absolute Gasteiger partial charge is 0.118 e. The number of para-hydroxylation sites is 1. The Labute approximate surface area is 142 Å². The lowest BCUT2D eigenvalue weighted by Gasteiger charge is -2.04. The highest BCUT2D eigenvalue weighted by Gasteiger charge is 1.98. The number of allylic oxidation sites excluding steroid dienone is 2. The molecule has 130 valence electrons. The summed E-state index contributed by atoms with van der Waals surface area (Å²) >= 11 is 0. The van der Waals surface area contributed by atoms with Crippen molar-refractivity contribution in [1.82, 2.24) is 0 Å². The molecule has 0 heterocycles. The van der Waals surface area contributed by atoms with Crippen molar-refractivity contribution < 1.29 is 9.84 Å². The van der Waals surface area contributed by atoms with Gasteiger partial charge in [-0.25, -0.2) is 0 Å². The third-order valence-electron chi connectivity index (χ3n) is 3.47. The van der Waals surface area contributed by atoms with Gasteiger partial charge in [0, 0.05) is 0 Å². The predicted molar refractivity (Wildman–Crippen MR) is 101 cm³/mol. The van der Waals surface area contributed by atoms with Crippen LogP contribution in [-0.2, 0) is 11.2 Å². The van der Waals surface area contributed by atoms with Gasteiger partial charge >= 0.3 is 0 Å². The molecule has 0 spiro atoms. The zero-order valence-corrected chi connectivity index (χ0v) is 15.1. The van der Waals surface area contributed by atoms with Crippen LogP contribution in [0.3, 0.4) is 0 Å². The fourth-order valence-electron chi connectivity index (χ4n) is 2.20. The lowest BCUT2D eigenvalue weighted by Crippen LogP contribution is -1.87. The lowest BCUT2D eigenvalue weighted by molar-refractivity contribution is 0.401. The Bertz CT molecular complexity index is 412. The lowest BCUT2D eigenvalue weighted by atomic mass is 10.0. The van der Waals surface area contributed by atoms with Gasteiger partial charge in [-0.1, -0.05) is 75.8 Å². The summed E-state index contributed by atoms with van der Waals surface area (Å²) in [5.41, 5.74) is 1.09. The fraction of sp³-hybridized carbons (Fsp3) is 0.524. The molecule has 23 heavy (non-hydrogen) atoms. The van der Waals surface area contributed by atoms with Crippen LogP contribution in [0.2, 0.25) is 0 Å². The van der Waals surface area contributed by atoms with E-state index in [1.54, 1.807) is 18.6 Å². The van der Waals surface area contributed by atoms with Crippen LogP contribution < -0.4 is 0 Å². The van der Waals surface area contributed by atoms with E-state index in [1.807, 2.05) is 44.2 Å². The second-order valence-corrected chi connectivity index (χ2v) is 5.57. The molecule has 0 aliphatic rings. The molecule has 2 nitrogen and oxygen atoms in total. The van der Waals surface area contributed by atoms with Crippen molar-refractivity contribution in [3.05, 3.63) is 54.5 Å². The maximum Gasteiger partial charge on any atom is 0.118 e. The van der Waals surface area contributed by atoms with E-state index in [-0.39, 0.29) is 0 Å². The van der Waals surface area contributed by atoms with Gasteiger partial charge in [-0.3, -0.25) is 0 Å². The van der Waals surface area contributed by atoms with Gasteiger partial charge in [0.1, 0.15) is 5.75 Å². The van der Waals surface area contributed by atoms with Gasteiger partial charge < -0.3 is 9.84 Å². The minimum Gasteiger partial charge on any atom is -0.508 e. The molecule has 1 aromatic rings. The van der Waals surface area contributed by atoms with Crippen molar-refractivity contribution in [3.8, 4) is 5.75 Å². The summed E-state index contributed by atoms with van der Waals surface area (Å²) in [7, 11) is 0. The molecule has 0 aromatic heterocycles. The van der Waals surface area contributed by atoms with Crippen molar-refractivity contribution in [2.75, 3.05) is 0 Å². The number of aromatic hydroxyl groups is 1. The molecular weight excluding hydrogens is 284 g/mol. The van der Waals surface area contributed by atoms with Crippen LogP contribution in [0.1, 0.15) is 71.3 Å². The first-order chi connectivity index (χ1) is 11.3. The average Bonchev–Trinajstić information content (AvgIpc) is 2.57. The number of hydrogen-bond acceptors (Lipinski definition) is 2. The van der Waals surface area contributed by atoms with Gasteiger partial charge in [0.25, 0.3) is 0 Å². The summed E-state index contributed by atoms with van der Waals surface area (Å²) in [5.74, 6) is 0.452. The molecule has 0 unspecified atom stereocenters. The third-order valence-corrected chi connectivity index (χ3v) is 3.47. The predicted octanol–water partition coefficient (Wildman–Crippen LogP) is 6.76. The number of aryl methyl sites for hydroxylation is 1. The Balaban J connectivity index is 0.000000585.